The summed E-state index contributed by atoms with van der Waals surface area (Å²) in [5.41, 5.74) is 2.71. The lowest BCUT2D eigenvalue weighted by Gasteiger charge is -2.32. The second kappa shape index (κ2) is 12.7. The molecule has 3 aromatic rings. The van der Waals surface area contributed by atoms with Gasteiger partial charge in [-0.2, -0.15) is 13.2 Å². The summed E-state index contributed by atoms with van der Waals surface area (Å²) in [6, 6.07) is 16.2. The summed E-state index contributed by atoms with van der Waals surface area (Å²) in [4.78, 5) is 44.7. The van der Waals surface area contributed by atoms with Gasteiger partial charge in [0.2, 0.25) is 17.7 Å². The van der Waals surface area contributed by atoms with E-state index in [1.807, 2.05) is 24.3 Å². The highest BCUT2D eigenvalue weighted by molar-refractivity contribution is 5.96. The molecule has 1 aliphatic heterocycles. The summed E-state index contributed by atoms with van der Waals surface area (Å²) in [5.74, 6) is -1.08. The fourth-order valence-corrected chi connectivity index (χ4v) is 5.15. The summed E-state index contributed by atoms with van der Waals surface area (Å²) in [6.45, 7) is 2.47. The van der Waals surface area contributed by atoms with Crippen molar-refractivity contribution in [1.82, 2.24) is 15.2 Å². The van der Waals surface area contributed by atoms with Gasteiger partial charge in [-0.15, -0.1) is 0 Å². The molecule has 1 aliphatic rings. The number of carbonyl (C=O) groups excluding carboxylic acids is 3. The number of fused-ring (bicyclic) bond motifs is 2. The third-order valence-electron chi connectivity index (χ3n) is 7.06. The molecule has 8 nitrogen and oxygen atoms in total. The number of hydrogen-bond acceptors (Lipinski definition) is 5. The Bertz CT molecular complexity index is 1470. The highest BCUT2D eigenvalue weighted by Crippen LogP contribution is 2.35. The van der Waals surface area contributed by atoms with Crippen LogP contribution >= 0.6 is 0 Å². The summed E-state index contributed by atoms with van der Waals surface area (Å²) < 4.78 is 40.0. The summed E-state index contributed by atoms with van der Waals surface area (Å²) in [7, 11) is 1.77. The van der Waals surface area contributed by atoms with Crippen LogP contribution in [0.15, 0.2) is 60.8 Å². The molecule has 42 heavy (non-hydrogen) atoms. The van der Waals surface area contributed by atoms with E-state index in [0.717, 1.165) is 27.8 Å². The number of aromatic nitrogens is 1. The van der Waals surface area contributed by atoms with Gasteiger partial charge in [-0.25, -0.2) is 4.98 Å². The zero-order valence-corrected chi connectivity index (χ0v) is 23.8. The molecule has 0 atom stereocenters. The number of pyridine rings is 1. The van der Waals surface area contributed by atoms with Gasteiger partial charge >= 0.3 is 6.18 Å². The Kier molecular flexibility index (Phi) is 9.30. The molecule has 0 fully saturated rings. The number of rotatable bonds is 9. The van der Waals surface area contributed by atoms with Crippen molar-refractivity contribution in [2.45, 2.75) is 52.4 Å². The number of hydrogen-bond donors (Lipinski definition) is 3. The quantitative estimate of drug-likeness (QED) is 0.336. The van der Waals surface area contributed by atoms with Crippen molar-refractivity contribution in [3.05, 3.63) is 88.6 Å². The number of nitrogens with one attached hydrogen (secondary N) is 3. The van der Waals surface area contributed by atoms with Crippen molar-refractivity contribution >= 4 is 29.2 Å². The van der Waals surface area contributed by atoms with Crippen LogP contribution in [0.3, 0.4) is 0 Å². The number of alkyl halides is 3. The predicted molar refractivity (Wildman–Crippen MR) is 154 cm³/mol. The number of benzene rings is 2. The molecule has 0 aliphatic carbocycles. The van der Waals surface area contributed by atoms with E-state index in [1.54, 1.807) is 43.6 Å². The third kappa shape index (κ3) is 7.94. The van der Waals surface area contributed by atoms with Gasteiger partial charge in [-0.1, -0.05) is 50.2 Å². The van der Waals surface area contributed by atoms with Crippen LogP contribution in [0.25, 0.3) is 0 Å². The molecule has 4 rings (SSSR count). The van der Waals surface area contributed by atoms with E-state index in [4.69, 9.17) is 0 Å². The van der Waals surface area contributed by atoms with Gasteiger partial charge in [0, 0.05) is 31.4 Å². The molecule has 2 heterocycles. The topological polar surface area (TPSA) is 103 Å². The van der Waals surface area contributed by atoms with E-state index in [2.05, 4.69) is 20.9 Å². The lowest BCUT2D eigenvalue weighted by atomic mass is 9.87. The van der Waals surface area contributed by atoms with Gasteiger partial charge in [0.25, 0.3) is 0 Å². The van der Waals surface area contributed by atoms with Crippen molar-refractivity contribution in [2.24, 2.45) is 5.41 Å². The Morgan fingerprint density at radius 1 is 0.976 bits per heavy atom. The summed E-state index contributed by atoms with van der Waals surface area (Å²) >= 11 is 0. The zero-order valence-electron chi connectivity index (χ0n) is 23.8. The molecule has 0 spiro atoms. The minimum atomic E-state index is -4.55. The normalized spacial score (nSPS) is 13.2. The first-order valence-corrected chi connectivity index (χ1v) is 13.6. The van der Waals surface area contributed by atoms with Gasteiger partial charge in [0.1, 0.15) is 12.4 Å². The monoisotopic (exact) mass is 581 g/mol. The van der Waals surface area contributed by atoms with E-state index in [1.165, 1.54) is 18.7 Å². The molecule has 3 N–H and O–H groups in total. The minimum Gasteiger partial charge on any atom is -0.329 e. The van der Waals surface area contributed by atoms with E-state index in [0.29, 0.717) is 24.5 Å². The molecule has 3 amide bonds. The Hall–Kier alpha value is -4.25. The van der Waals surface area contributed by atoms with Crippen LogP contribution in [0.2, 0.25) is 0 Å². The lowest BCUT2D eigenvalue weighted by molar-refractivity contribution is -0.170. The van der Waals surface area contributed by atoms with E-state index in [9.17, 15) is 27.6 Å². The minimum absolute atomic E-state index is 0.0385. The molecule has 11 heteroatoms. The molecular formula is C31H34F3N5O3. The molecule has 0 bridgehead atoms. The molecule has 2 aromatic carbocycles. The van der Waals surface area contributed by atoms with Gasteiger partial charge in [0.05, 0.1) is 18.3 Å². The van der Waals surface area contributed by atoms with Gasteiger partial charge in [-0.3, -0.25) is 14.4 Å². The number of nitrogens with zero attached hydrogens (tertiary/aromatic N) is 2. The molecule has 0 radical (unpaired) electrons. The van der Waals surface area contributed by atoms with Crippen molar-refractivity contribution in [2.75, 3.05) is 24.2 Å². The van der Waals surface area contributed by atoms with Crippen LogP contribution in [0.4, 0.5) is 24.7 Å². The predicted octanol–water partition coefficient (Wildman–Crippen LogP) is 4.83. The molecule has 222 valence electrons. The van der Waals surface area contributed by atoms with Crippen LogP contribution in [0.1, 0.15) is 48.1 Å². The Labute approximate surface area is 242 Å². The maximum absolute atomic E-state index is 13.5. The van der Waals surface area contributed by atoms with Crippen LogP contribution in [0, 0.1) is 5.41 Å². The van der Waals surface area contributed by atoms with Crippen LogP contribution < -0.4 is 16.0 Å². The summed E-state index contributed by atoms with van der Waals surface area (Å²) in [6.07, 6.45) is -3.65. The molecule has 1 aromatic heterocycles. The number of anilines is 2. The fraction of sp³-hybridized carbons (Fsp3) is 0.355. The number of amides is 3. The average molecular weight is 582 g/mol. The Morgan fingerprint density at radius 2 is 1.71 bits per heavy atom. The van der Waals surface area contributed by atoms with Gasteiger partial charge < -0.3 is 20.9 Å². The van der Waals surface area contributed by atoms with Crippen LogP contribution in [0.5, 0.6) is 0 Å². The zero-order chi connectivity index (χ0) is 30.5. The lowest BCUT2D eigenvalue weighted by Crippen LogP contribution is -2.46. The van der Waals surface area contributed by atoms with E-state index in [-0.39, 0.29) is 18.9 Å². The van der Waals surface area contributed by atoms with Crippen LogP contribution in [-0.2, 0) is 40.3 Å². The maximum Gasteiger partial charge on any atom is 0.390 e. The maximum atomic E-state index is 13.5. The first-order valence-electron chi connectivity index (χ1n) is 13.6. The SMILES string of the molecule is CNCc1ccccc1CN(CC(=O)Nc1ccc2c(c1)CC(=O)Nc1ncccc1C2)C(=O)C(C)(C)CC(F)(F)F. The molecule has 0 saturated heterocycles. The highest BCUT2D eigenvalue weighted by atomic mass is 19.4. The third-order valence-corrected chi connectivity index (χ3v) is 7.06. The smallest absolute Gasteiger partial charge is 0.329 e. The average Bonchev–Trinajstić information content (AvgIpc) is 2.89. The molecule has 0 unspecified atom stereocenters. The van der Waals surface area contributed by atoms with Crippen molar-refractivity contribution in [3.8, 4) is 0 Å². The van der Waals surface area contributed by atoms with Gasteiger partial charge in [0.15, 0.2) is 0 Å². The van der Waals surface area contributed by atoms with Crippen molar-refractivity contribution in [3.63, 3.8) is 0 Å². The van der Waals surface area contributed by atoms with Crippen molar-refractivity contribution in [1.29, 1.82) is 0 Å². The number of carbonyl (C=O) groups is 3. The van der Waals surface area contributed by atoms with Crippen LogP contribution in [-0.4, -0.2) is 47.4 Å². The second-order valence-electron chi connectivity index (χ2n) is 11.1. The standard InChI is InChI=1S/C31H34F3N5O3/c1-30(2,19-31(32,33)34)29(42)39(17-23-8-5-4-7-22(23)16-35-3)18-27(41)37-25-11-10-20-13-21-9-6-12-36-28(21)38-26(40)15-24(20)14-25/h4-12,14,35H,13,15-19H2,1-3H3,(H,37,41)(H,36,38,40). The first kappa shape index (κ1) is 30.7. The van der Waals surface area contributed by atoms with Gasteiger partial charge in [-0.05, 0) is 53.1 Å². The van der Waals surface area contributed by atoms with E-state index >= 15 is 0 Å². The van der Waals surface area contributed by atoms with Crippen molar-refractivity contribution < 1.29 is 27.6 Å². The largest absolute Gasteiger partial charge is 0.390 e. The number of halogens is 3. The molecular weight excluding hydrogens is 547 g/mol. The highest BCUT2D eigenvalue weighted by Gasteiger charge is 2.43. The van der Waals surface area contributed by atoms with E-state index < -0.39 is 36.4 Å². The fourth-order valence-electron chi connectivity index (χ4n) is 5.15. The molecule has 0 saturated carbocycles. The Morgan fingerprint density at radius 3 is 2.43 bits per heavy atom. The first-order chi connectivity index (χ1) is 19.8. The second-order valence-corrected chi connectivity index (χ2v) is 11.1. The summed E-state index contributed by atoms with van der Waals surface area (Å²) in [5, 5.41) is 8.60. The Balaban J connectivity index is 1.56.